The average molecular weight is 515 g/mol. The van der Waals surface area contributed by atoms with E-state index in [0.29, 0.717) is 24.9 Å². The predicted octanol–water partition coefficient (Wildman–Crippen LogP) is 3.81. The fourth-order valence-corrected chi connectivity index (χ4v) is 5.25. The van der Waals surface area contributed by atoms with Crippen LogP contribution in [0.4, 0.5) is 0 Å². The minimum Gasteiger partial charge on any atom is -0.389 e. The monoisotopic (exact) mass is 514 g/mol. The quantitative estimate of drug-likeness (QED) is 0.522. The molecule has 0 aromatic heterocycles. The number of carbonyl (C=O) groups is 2. The van der Waals surface area contributed by atoms with Gasteiger partial charge in [0.15, 0.2) is 0 Å². The Balaban J connectivity index is 1.16. The summed E-state index contributed by atoms with van der Waals surface area (Å²) in [6.07, 6.45) is 0.216. The van der Waals surface area contributed by atoms with E-state index < -0.39 is 6.10 Å². The molecule has 2 heterocycles. The van der Waals surface area contributed by atoms with Gasteiger partial charge in [-0.15, -0.1) is 0 Å². The highest BCUT2D eigenvalue weighted by atomic mass is 16.5. The van der Waals surface area contributed by atoms with Crippen LogP contribution in [0.1, 0.15) is 35.2 Å². The van der Waals surface area contributed by atoms with E-state index >= 15 is 0 Å². The molecule has 2 aliphatic rings. The summed E-state index contributed by atoms with van der Waals surface area (Å²) >= 11 is 0. The Morgan fingerprint density at radius 3 is 2.29 bits per heavy atom. The van der Waals surface area contributed by atoms with Crippen LogP contribution in [0.25, 0.3) is 11.1 Å². The Labute approximate surface area is 223 Å². The second-order valence-corrected chi connectivity index (χ2v) is 10.00. The number of nitrogens with one attached hydrogen (secondary N) is 1. The number of ether oxygens (including phenoxy) is 2. The van der Waals surface area contributed by atoms with Gasteiger partial charge in [0.25, 0.3) is 5.91 Å². The Hall–Kier alpha value is -3.52. The average Bonchev–Trinajstić information content (AvgIpc) is 2.95. The fraction of sp³-hybridized carbons (Fsp3) is 0.355. The van der Waals surface area contributed by atoms with Crippen molar-refractivity contribution in [3.05, 3.63) is 96.1 Å². The standard InChI is InChI=1S/C31H34N2O5/c34-26-19-33(31(36)25-9-5-2-6-10-25)28-16-15-27(38-29(28)21-37-20-26)17-30(35)32-18-22-11-13-24(14-12-22)23-7-3-1-4-8-23/h1-14,26-29,34H,15-21H2,(H,32,35)/t26-,27+,28-,29+/m1/s1. The lowest BCUT2D eigenvalue weighted by molar-refractivity contribution is -0.151. The summed E-state index contributed by atoms with van der Waals surface area (Å²) in [4.78, 5) is 27.8. The van der Waals surface area contributed by atoms with Crippen LogP contribution in [0, 0.1) is 0 Å². The van der Waals surface area contributed by atoms with Crippen molar-refractivity contribution in [3.63, 3.8) is 0 Å². The number of nitrogens with zero attached hydrogens (tertiary/aromatic N) is 1. The highest BCUT2D eigenvalue weighted by Gasteiger charge is 2.40. The summed E-state index contributed by atoms with van der Waals surface area (Å²) in [6, 6.07) is 27.3. The van der Waals surface area contributed by atoms with Gasteiger partial charge in [-0.1, -0.05) is 72.8 Å². The van der Waals surface area contributed by atoms with E-state index in [4.69, 9.17) is 9.47 Å². The molecule has 5 rings (SSSR count). The molecular weight excluding hydrogens is 480 g/mol. The largest absolute Gasteiger partial charge is 0.389 e. The highest BCUT2D eigenvalue weighted by Crippen LogP contribution is 2.29. The zero-order valence-corrected chi connectivity index (χ0v) is 21.4. The van der Waals surface area contributed by atoms with E-state index in [1.54, 1.807) is 17.0 Å². The maximum absolute atomic E-state index is 13.3. The molecule has 2 saturated heterocycles. The Bertz CT molecular complexity index is 1200. The molecule has 0 radical (unpaired) electrons. The van der Waals surface area contributed by atoms with Crippen LogP contribution in [-0.2, 0) is 20.8 Å². The Kier molecular flexibility index (Phi) is 8.48. The SMILES string of the molecule is O=C(C[C@@H]1CC[C@@H]2[C@H](COC[C@H](O)CN2C(=O)c2ccccc2)O1)NCc1ccc(-c2ccccc2)cc1. The van der Waals surface area contributed by atoms with Crippen molar-refractivity contribution >= 4 is 11.8 Å². The molecule has 0 aliphatic carbocycles. The van der Waals surface area contributed by atoms with Crippen LogP contribution in [0.3, 0.4) is 0 Å². The van der Waals surface area contributed by atoms with Crippen molar-refractivity contribution in [2.24, 2.45) is 0 Å². The van der Waals surface area contributed by atoms with Gasteiger partial charge in [0, 0.05) is 18.7 Å². The van der Waals surface area contributed by atoms with Gasteiger partial charge in [0.05, 0.1) is 37.9 Å². The molecule has 3 aromatic carbocycles. The van der Waals surface area contributed by atoms with Crippen LogP contribution in [0.2, 0.25) is 0 Å². The van der Waals surface area contributed by atoms with Gasteiger partial charge in [-0.25, -0.2) is 0 Å². The summed E-state index contributed by atoms with van der Waals surface area (Å²) in [5.41, 5.74) is 3.91. The molecule has 38 heavy (non-hydrogen) atoms. The number of benzene rings is 3. The van der Waals surface area contributed by atoms with Gasteiger partial charge in [-0.3, -0.25) is 9.59 Å². The molecule has 2 aliphatic heterocycles. The third-order valence-corrected chi connectivity index (χ3v) is 7.23. The lowest BCUT2D eigenvalue weighted by Gasteiger charge is -2.44. The molecule has 2 fully saturated rings. The number of amides is 2. The molecule has 198 valence electrons. The van der Waals surface area contributed by atoms with Crippen LogP contribution in [0.15, 0.2) is 84.9 Å². The number of aliphatic hydroxyl groups is 1. The number of aliphatic hydroxyl groups excluding tert-OH is 1. The molecule has 7 heteroatoms. The molecule has 0 spiro atoms. The first-order chi connectivity index (χ1) is 18.6. The summed E-state index contributed by atoms with van der Waals surface area (Å²) in [5, 5.41) is 13.4. The number of hydrogen-bond acceptors (Lipinski definition) is 5. The van der Waals surface area contributed by atoms with E-state index in [0.717, 1.165) is 16.7 Å². The van der Waals surface area contributed by atoms with Crippen molar-refractivity contribution in [1.82, 2.24) is 10.2 Å². The van der Waals surface area contributed by atoms with Gasteiger partial charge < -0.3 is 24.8 Å². The zero-order valence-electron chi connectivity index (χ0n) is 21.4. The summed E-state index contributed by atoms with van der Waals surface area (Å²) in [5.74, 6) is -0.195. The Morgan fingerprint density at radius 1 is 0.868 bits per heavy atom. The van der Waals surface area contributed by atoms with Crippen molar-refractivity contribution in [2.45, 2.75) is 50.2 Å². The van der Waals surface area contributed by atoms with Gasteiger partial charge >= 0.3 is 0 Å². The molecule has 0 saturated carbocycles. The maximum Gasteiger partial charge on any atom is 0.254 e. The van der Waals surface area contributed by atoms with Gasteiger partial charge in [0.1, 0.15) is 6.10 Å². The zero-order chi connectivity index (χ0) is 26.3. The first-order valence-corrected chi connectivity index (χ1v) is 13.2. The van der Waals surface area contributed by atoms with Crippen molar-refractivity contribution < 1.29 is 24.2 Å². The number of rotatable bonds is 6. The Morgan fingerprint density at radius 2 is 1.55 bits per heavy atom. The summed E-state index contributed by atoms with van der Waals surface area (Å²) in [7, 11) is 0. The topological polar surface area (TPSA) is 88.1 Å². The molecule has 0 bridgehead atoms. The van der Waals surface area contributed by atoms with Gasteiger partial charge in [0.2, 0.25) is 5.91 Å². The predicted molar refractivity (Wildman–Crippen MR) is 144 cm³/mol. The minimum atomic E-state index is -0.756. The minimum absolute atomic E-state index is 0.0695. The third kappa shape index (κ3) is 6.48. The highest BCUT2D eigenvalue weighted by molar-refractivity contribution is 5.94. The molecule has 3 aromatic rings. The second-order valence-electron chi connectivity index (χ2n) is 10.00. The van der Waals surface area contributed by atoms with Gasteiger partial charge in [-0.2, -0.15) is 0 Å². The molecule has 0 unspecified atom stereocenters. The van der Waals surface area contributed by atoms with E-state index in [1.165, 1.54) is 0 Å². The lowest BCUT2D eigenvalue weighted by atomic mass is 9.94. The number of hydrogen-bond donors (Lipinski definition) is 2. The molecule has 4 atom stereocenters. The fourth-order valence-electron chi connectivity index (χ4n) is 5.25. The van der Waals surface area contributed by atoms with Crippen LogP contribution in [0.5, 0.6) is 0 Å². The van der Waals surface area contributed by atoms with Crippen LogP contribution in [-0.4, -0.2) is 65.9 Å². The summed E-state index contributed by atoms with van der Waals surface area (Å²) < 4.78 is 12.0. The van der Waals surface area contributed by atoms with E-state index in [-0.39, 0.29) is 56.2 Å². The molecule has 2 amide bonds. The van der Waals surface area contributed by atoms with E-state index in [1.807, 2.05) is 48.5 Å². The van der Waals surface area contributed by atoms with Gasteiger partial charge in [-0.05, 0) is 41.7 Å². The van der Waals surface area contributed by atoms with Crippen molar-refractivity contribution in [1.29, 1.82) is 0 Å². The van der Waals surface area contributed by atoms with E-state index in [9.17, 15) is 14.7 Å². The number of fused-ring (bicyclic) bond motifs is 1. The number of carbonyl (C=O) groups excluding carboxylic acids is 2. The van der Waals surface area contributed by atoms with Crippen LogP contribution < -0.4 is 5.32 Å². The molecule has 7 nitrogen and oxygen atoms in total. The first-order valence-electron chi connectivity index (χ1n) is 13.2. The van der Waals surface area contributed by atoms with Crippen molar-refractivity contribution in [2.75, 3.05) is 19.8 Å². The van der Waals surface area contributed by atoms with E-state index in [2.05, 4.69) is 29.6 Å². The summed E-state index contributed by atoms with van der Waals surface area (Å²) in [6.45, 7) is 1.05. The number of β-amino-alcohol motifs (C(OH)–C–C–N with tert-alkyl or cyclic N) is 1. The third-order valence-electron chi connectivity index (χ3n) is 7.23. The molecular formula is C31H34N2O5. The normalized spacial score (nSPS) is 23.6. The molecule has 2 N–H and O–H groups in total. The lowest BCUT2D eigenvalue weighted by Crippen LogP contribution is -2.57. The van der Waals surface area contributed by atoms with Crippen molar-refractivity contribution in [3.8, 4) is 11.1 Å². The second kappa shape index (κ2) is 12.3. The van der Waals surface area contributed by atoms with Crippen LogP contribution >= 0.6 is 0 Å². The smallest absolute Gasteiger partial charge is 0.254 e. The maximum atomic E-state index is 13.3. The first kappa shape index (κ1) is 26.1.